The fourth-order valence-electron chi connectivity index (χ4n) is 1.49. The van der Waals surface area contributed by atoms with Crippen molar-refractivity contribution in [2.45, 2.75) is 58.8 Å². The molecule has 0 fully saturated rings. The molecule has 0 radical (unpaired) electrons. The normalized spacial score (nSPS) is 12.2. The fraction of sp³-hybridized carbons (Fsp3) is 0.714. The molecule has 0 spiro atoms. The van der Waals surface area contributed by atoms with E-state index in [1.54, 1.807) is 0 Å². The third-order valence-electron chi connectivity index (χ3n) is 2.47. The quantitative estimate of drug-likeness (QED) is 0.386. The van der Waals surface area contributed by atoms with E-state index in [0.29, 0.717) is 0 Å². The first-order valence-electron chi connectivity index (χ1n) is 6.50. The van der Waals surface area contributed by atoms with Crippen molar-refractivity contribution in [1.82, 2.24) is 0 Å². The Labute approximate surface area is 101 Å². The molecule has 0 aliphatic rings. The minimum absolute atomic E-state index is 0.941. The molecule has 0 amide bonds. The summed E-state index contributed by atoms with van der Waals surface area (Å²) in [7, 11) is 0. The molecule has 0 aromatic heterocycles. The van der Waals surface area contributed by atoms with E-state index in [2.05, 4.69) is 30.5 Å². The lowest BCUT2D eigenvalue weighted by Crippen LogP contribution is -1.84. The SMILES string of the molecule is C=N/C(=C\C=NCCCCCCC)CCC. The molecule has 0 bridgehead atoms. The van der Waals surface area contributed by atoms with Gasteiger partial charge in [0, 0.05) is 18.5 Å². The predicted molar refractivity (Wildman–Crippen MR) is 74.7 cm³/mol. The van der Waals surface area contributed by atoms with Crippen LogP contribution in [0.1, 0.15) is 58.8 Å². The lowest BCUT2D eigenvalue weighted by Gasteiger charge is -1.96. The van der Waals surface area contributed by atoms with Crippen LogP contribution in [0.5, 0.6) is 0 Å². The molecule has 2 nitrogen and oxygen atoms in total. The van der Waals surface area contributed by atoms with Gasteiger partial charge in [0.15, 0.2) is 0 Å². The Morgan fingerprint density at radius 1 is 1.06 bits per heavy atom. The summed E-state index contributed by atoms with van der Waals surface area (Å²) in [4.78, 5) is 8.31. The van der Waals surface area contributed by atoms with Crippen LogP contribution in [0.3, 0.4) is 0 Å². The zero-order valence-electron chi connectivity index (χ0n) is 10.9. The molecule has 0 unspecified atom stereocenters. The molecule has 0 aromatic rings. The van der Waals surface area contributed by atoms with Crippen molar-refractivity contribution >= 4 is 12.9 Å². The first kappa shape index (κ1) is 15.1. The molecule has 16 heavy (non-hydrogen) atoms. The van der Waals surface area contributed by atoms with Gasteiger partial charge in [0.1, 0.15) is 0 Å². The van der Waals surface area contributed by atoms with E-state index >= 15 is 0 Å². The monoisotopic (exact) mass is 222 g/mol. The van der Waals surface area contributed by atoms with Crippen LogP contribution in [0.2, 0.25) is 0 Å². The molecule has 0 rings (SSSR count). The van der Waals surface area contributed by atoms with Gasteiger partial charge < -0.3 is 0 Å². The minimum Gasteiger partial charge on any atom is -0.293 e. The lowest BCUT2D eigenvalue weighted by molar-refractivity contribution is 0.639. The highest BCUT2D eigenvalue weighted by Crippen LogP contribution is 2.04. The molecule has 0 aliphatic carbocycles. The zero-order valence-corrected chi connectivity index (χ0v) is 10.9. The van der Waals surface area contributed by atoms with Crippen LogP contribution in [0.25, 0.3) is 0 Å². The summed E-state index contributed by atoms with van der Waals surface area (Å²) in [5, 5.41) is 0. The number of rotatable bonds is 10. The van der Waals surface area contributed by atoms with Gasteiger partial charge in [0.25, 0.3) is 0 Å². The van der Waals surface area contributed by atoms with Gasteiger partial charge in [-0.2, -0.15) is 0 Å². The van der Waals surface area contributed by atoms with Crippen LogP contribution in [0, 0.1) is 0 Å². The summed E-state index contributed by atoms with van der Waals surface area (Å²) in [6.45, 7) is 8.87. The number of allylic oxidation sites excluding steroid dienone is 2. The molecule has 0 heterocycles. The van der Waals surface area contributed by atoms with E-state index in [1.807, 2.05) is 12.3 Å². The van der Waals surface area contributed by atoms with Gasteiger partial charge in [0.05, 0.1) is 0 Å². The first-order valence-corrected chi connectivity index (χ1v) is 6.50. The Balaban J connectivity index is 3.55. The third kappa shape index (κ3) is 9.63. The number of aliphatic imine (C=N–C) groups is 2. The largest absolute Gasteiger partial charge is 0.293 e. The Hall–Kier alpha value is -0.920. The Kier molecular flexibility index (Phi) is 11.5. The molecule has 0 saturated carbocycles. The Bertz CT molecular complexity index is 217. The van der Waals surface area contributed by atoms with Crippen LogP contribution in [0.4, 0.5) is 0 Å². The van der Waals surface area contributed by atoms with E-state index in [9.17, 15) is 0 Å². The van der Waals surface area contributed by atoms with Crippen molar-refractivity contribution in [3.63, 3.8) is 0 Å². The van der Waals surface area contributed by atoms with Crippen LogP contribution in [-0.4, -0.2) is 19.5 Å². The van der Waals surface area contributed by atoms with Gasteiger partial charge in [0.2, 0.25) is 0 Å². The molecule has 0 atom stereocenters. The van der Waals surface area contributed by atoms with Crippen LogP contribution in [0.15, 0.2) is 21.8 Å². The minimum atomic E-state index is 0.941. The van der Waals surface area contributed by atoms with Crippen LogP contribution in [-0.2, 0) is 0 Å². The summed E-state index contributed by atoms with van der Waals surface area (Å²) < 4.78 is 0. The van der Waals surface area contributed by atoms with Gasteiger partial charge in [-0.15, -0.1) is 0 Å². The van der Waals surface area contributed by atoms with Gasteiger partial charge in [-0.25, -0.2) is 0 Å². The standard InChI is InChI=1S/C14H26N2/c1-4-6-7-8-9-12-16-13-11-14(15-3)10-5-2/h11,13H,3-10,12H2,1-2H3/b14-11-,16-13?. The first-order chi connectivity index (χ1) is 7.85. The topological polar surface area (TPSA) is 24.7 Å². The Morgan fingerprint density at radius 3 is 2.44 bits per heavy atom. The van der Waals surface area contributed by atoms with Crippen molar-refractivity contribution in [3.05, 3.63) is 11.8 Å². The molecule has 2 heteroatoms. The molecule has 0 aliphatic heterocycles. The summed E-state index contributed by atoms with van der Waals surface area (Å²) in [5.41, 5.74) is 1.04. The maximum atomic E-state index is 4.35. The molecule has 92 valence electrons. The maximum absolute atomic E-state index is 4.35. The van der Waals surface area contributed by atoms with E-state index in [-0.39, 0.29) is 0 Å². The van der Waals surface area contributed by atoms with Crippen LogP contribution < -0.4 is 0 Å². The average molecular weight is 222 g/mol. The van der Waals surface area contributed by atoms with Crippen LogP contribution >= 0.6 is 0 Å². The molecule has 0 saturated heterocycles. The fourth-order valence-corrected chi connectivity index (χ4v) is 1.49. The lowest BCUT2D eigenvalue weighted by atomic mass is 10.2. The average Bonchev–Trinajstić information content (AvgIpc) is 2.31. The molecular formula is C14H26N2. The summed E-state index contributed by atoms with van der Waals surface area (Å²) >= 11 is 0. The molecule has 0 aromatic carbocycles. The van der Waals surface area contributed by atoms with Crippen molar-refractivity contribution in [1.29, 1.82) is 0 Å². The maximum Gasteiger partial charge on any atom is 0.0411 e. The van der Waals surface area contributed by atoms with Gasteiger partial charge in [-0.1, -0.05) is 46.0 Å². The highest BCUT2D eigenvalue weighted by atomic mass is 14.7. The number of hydrogen-bond donors (Lipinski definition) is 0. The van der Waals surface area contributed by atoms with Crippen molar-refractivity contribution < 1.29 is 0 Å². The van der Waals surface area contributed by atoms with Gasteiger partial charge >= 0.3 is 0 Å². The second-order valence-corrected chi connectivity index (χ2v) is 4.04. The van der Waals surface area contributed by atoms with E-state index in [1.165, 1.54) is 32.1 Å². The van der Waals surface area contributed by atoms with Gasteiger partial charge in [-0.05, 0) is 25.6 Å². The second kappa shape index (κ2) is 12.2. The number of hydrogen-bond acceptors (Lipinski definition) is 2. The summed E-state index contributed by atoms with van der Waals surface area (Å²) in [6, 6.07) is 0. The Morgan fingerprint density at radius 2 is 1.81 bits per heavy atom. The number of unbranched alkanes of at least 4 members (excludes halogenated alkanes) is 4. The second-order valence-electron chi connectivity index (χ2n) is 4.04. The summed E-state index contributed by atoms with van der Waals surface area (Å²) in [6.07, 6.45) is 12.5. The predicted octanol–water partition coefficient (Wildman–Crippen LogP) is 4.41. The van der Waals surface area contributed by atoms with E-state index in [4.69, 9.17) is 0 Å². The number of nitrogens with zero attached hydrogens (tertiary/aromatic N) is 2. The third-order valence-corrected chi connectivity index (χ3v) is 2.47. The zero-order chi connectivity index (χ0) is 12.1. The van der Waals surface area contributed by atoms with Crippen molar-refractivity contribution in [2.24, 2.45) is 9.98 Å². The highest BCUT2D eigenvalue weighted by Gasteiger charge is 1.89. The summed E-state index contributed by atoms with van der Waals surface area (Å²) in [5.74, 6) is 0. The van der Waals surface area contributed by atoms with Gasteiger partial charge in [-0.3, -0.25) is 9.98 Å². The van der Waals surface area contributed by atoms with E-state index < -0.39 is 0 Å². The van der Waals surface area contributed by atoms with Crippen molar-refractivity contribution in [2.75, 3.05) is 6.54 Å². The highest BCUT2D eigenvalue weighted by molar-refractivity contribution is 5.72. The smallest absolute Gasteiger partial charge is 0.0411 e. The molecule has 0 N–H and O–H groups in total. The molecular weight excluding hydrogens is 196 g/mol. The van der Waals surface area contributed by atoms with Crippen molar-refractivity contribution in [3.8, 4) is 0 Å². The van der Waals surface area contributed by atoms with E-state index in [0.717, 1.165) is 25.1 Å².